The van der Waals surface area contributed by atoms with Crippen molar-refractivity contribution in [3.63, 3.8) is 0 Å². The number of H-pyrrole nitrogens is 2. The zero-order valence-electron chi connectivity index (χ0n) is 9.45. The Balaban J connectivity index is 2.04. The van der Waals surface area contributed by atoms with E-state index in [0.717, 1.165) is 5.56 Å². The quantitative estimate of drug-likeness (QED) is 0.702. The molecular weight excluding hydrogens is 234 g/mol. The number of hydrogen-bond acceptors (Lipinski definition) is 3. The molecule has 1 aliphatic heterocycles. The summed E-state index contributed by atoms with van der Waals surface area (Å²) in [6, 6.07) is 6.84. The molecule has 6 nitrogen and oxygen atoms in total. The van der Waals surface area contributed by atoms with Gasteiger partial charge in [-0.1, -0.05) is 0 Å². The van der Waals surface area contributed by atoms with Crippen molar-refractivity contribution in [2.45, 2.75) is 6.42 Å². The fourth-order valence-corrected chi connectivity index (χ4v) is 1.88. The Labute approximate surface area is 102 Å². The highest BCUT2D eigenvalue weighted by atomic mass is 16.5. The average Bonchev–Trinajstić information content (AvgIpc) is 2.69. The van der Waals surface area contributed by atoms with Crippen LogP contribution in [-0.2, 0) is 4.79 Å². The third kappa shape index (κ3) is 1.88. The van der Waals surface area contributed by atoms with Gasteiger partial charge in [-0.15, -0.1) is 0 Å². The second-order valence-electron chi connectivity index (χ2n) is 4.03. The molecule has 1 amide bonds. The van der Waals surface area contributed by atoms with Crippen LogP contribution in [-0.4, -0.2) is 22.7 Å². The summed E-state index contributed by atoms with van der Waals surface area (Å²) in [5, 5.41) is 8.01. The van der Waals surface area contributed by atoms with Gasteiger partial charge in [0.05, 0.1) is 24.4 Å². The van der Waals surface area contributed by atoms with E-state index in [9.17, 15) is 9.59 Å². The molecule has 1 aromatic heterocycles. The largest absolute Gasteiger partial charge is 0.491 e. The molecule has 0 aliphatic carbocycles. The van der Waals surface area contributed by atoms with E-state index in [0.29, 0.717) is 30.2 Å². The average molecular weight is 245 g/mol. The third-order valence-corrected chi connectivity index (χ3v) is 2.75. The fourth-order valence-electron chi connectivity index (χ4n) is 1.88. The molecule has 0 spiro atoms. The molecule has 3 rings (SSSR count). The first-order valence-corrected chi connectivity index (χ1v) is 5.57. The number of rotatable bonds is 1. The van der Waals surface area contributed by atoms with Gasteiger partial charge in [-0.25, -0.2) is 0 Å². The van der Waals surface area contributed by atoms with Crippen molar-refractivity contribution < 1.29 is 9.53 Å². The van der Waals surface area contributed by atoms with Crippen LogP contribution in [0.15, 0.2) is 29.1 Å². The molecule has 0 saturated carbocycles. The van der Waals surface area contributed by atoms with Gasteiger partial charge in [-0.05, 0) is 18.2 Å². The number of benzene rings is 1. The number of hydrogen-bond donors (Lipinski definition) is 3. The Morgan fingerprint density at radius 2 is 2.00 bits per heavy atom. The summed E-state index contributed by atoms with van der Waals surface area (Å²) in [7, 11) is 0. The van der Waals surface area contributed by atoms with Crippen LogP contribution in [0.5, 0.6) is 5.75 Å². The number of fused-ring (bicyclic) bond motifs is 1. The molecule has 0 unspecified atom stereocenters. The SMILES string of the molecule is O=C1CCOc2ccc(-c3cc(=O)[nH][nH]3)cc2N1. The van der Waals surface area contributed by atoms with Crippen LogP contribution >= 0.6 is 0 Å². The maximum atomic E-state index is 11.4. The highest BCUT2D eigenvalue weighted by Crippen LogP contribution is 2.31. The van der Waals surface area contributed by atoms with Gasteiger partial charge in [0, 0.05) is 11.6 Å². The Kier molecular flexibility index (Phi) is 2.40. The monoisotopic (exact) mass is 245 g/mol. The van der Waals surface area contributed by atoms with Crippen molar-refractivity contribution >= 4 is 11.6 Å². The molecule has 1 aliphatic rings. The Hall–Kier alpha value is -2.50. The summed E-state index contributed by atoms with van der Waals surface area (Å²) < 4.78 is 5.45. The minimum atomic E-state index is -0.194. The molecule has 2 aromatic rings. The predicted octanol–water partition coefficient (Wildman–Crippen LogP) is 1.09. The van der Waals surface area contributed by atoms with E-state index in [-0.39, 0.29) is 11.5 Å². The van der Waals surface area contributed by atoms with Crippen LogP contribution in [0.4, 0.5) is 5.69 Å². The number of aromatic amines is 2. The van der Waals surface area contributed by atoms with E-state index in [1.807, 2.05) is 6.07 Å². The standard InChI is InChI=1S/C12H11N3O3/c16-11-3-4-18-10-2-1-7(5-9(10)13-11)8-6-12(17)15-14-8/h1-2,5-6H,3-4H2,(H,13,16)(H2,14,15,17). The summed E-state index contributed by atoms with van der Waals surface area (Å²) in [4.78, 5) is 22.5. The number of carbonyl (C=O) groups is 1. The van der Waals surface area contributed by atoms with Gasteiger partial charge in [-0.3, -0.25) is 19.8 Å². The summed E-state index contributed by atoms with van der Waals surface area (Å²) in [6.45, 7) is 0.374. The van der Waals surface area contributed by atoms with Crippen LogP contribution in [0.1, 0.15) is 6.42 Å². The number of amides is 1. The first kappa shape index (κ1) is 10.6. The van der Waals surface area contributed by atoms with E-state index in [2.05, 4.69) is 15.5 Å². The van der Waals surface area contributed by atoms with Gasteiger partial charge < -0.3 is 10.1 Å². The molecule has 0 radical (unpaired) electrons. The lowest BCUT2D eigenvalue weighted by atomic mass is 10.1. The maximum Gasteiger partial charge on any atom is 0.264 e. The first-order valence-electron chi connectivity index (χ1n) is 5.57. The third-order valence-electron chi connectivity index (χ3n) is 2.75. The molecule has 1 aromatic carbocycles. The van der Waals surface area contributed by atoms with Gasteiger partial charge >= 0.3 is 0 Å². The summed E-state index contributed by atoms with van der Waals surface area (Å²) in [5.74, 6) is 0.566. The van der Waals surface area contributed by atoms with Crippen LogP contribution in [0, 0.1) is 0 Å². The molecule has 18 heavy (non-hydrogen) atoms. The lowest BCUT2D eigenvalue weighted by Crippen LogP contribution is -2.10. The number of carbonyl (C=O) groups excluding carboxylic acids is 1. The van der Waals surface area contributed by atoms with E-state index in [1.54, 1.807) is 12.1 Å². The van der Waals surface area contributed by atoms with Gasteiger partial charge in [0.2, 0.25) is 5.91 Å². The van der Waals surface area contributed by atoms with Crippen molar-refractivity contribution in [1.29, 1.82) is 0 Å². The normalized spacial score (nSPS) is 14.3. The van der Waals surface area contributed by atoms with Crippen LogP contribution < -0.4 is 15.6 Å². The van der Waals surface area contributed by atoms with Crippen LogP contribution in [0.25, 0.3) is 11.3 Å². The summed E-state index contributed by atoms with van der Waals surface area (Å²) in [5.41, 5.74) is 1.90. The number of anilines is 1. The van der Waals surface area contributed by atoms with Crippen LogP contribution in [0.3, 0.4) is 0 Å². The van der Waals surface area contributed by atoms with Gasteiger partial charge in [-0.2, -0.15) is 0 Å². The van der Waals surface area contributed by atoms with Gasteiger partial charge in [0.1, 0.15) is 5.75 Å². The van der Waals surface area contributed by atoms with Crippen molar-refractivity contribution in [3.8, 4) is 17.0 Å². The predicted molar refractivity (Wildman–Crippen MR) is 65.6 cm³/mol. The molecule has 3 N–H and O–H groups in total. The van der Waals surface area contributed by atoms with Crippen molar-refractivity contribution in [3.05, 3.63) is 34.6 Å². The fraction of sp³-hybridized carbons (Fsp3) is 0.167. The van der Waals surface area contributed by atoms with Crippen molar-refractivity contribution in [2.75, 3.05) is 11.9 Å². The Morgan fingerprint density at radius 3 is 2.78 bits per heavy atom. The summed E-state index contributed by atoms with van der Waals surface area (Å²) in [6.07, 6.45) is 0.338. The molecular formula is C12H11N3O3. The molecule has 6 heteroatoms. The van der Waals surface area contributed by atoms with Gasteiger partial charge in [0.15, 0.2) is 0 Å². The maximum absolute atomic E-state index is 11.4. The van der Waals surface area contributed by atoms with Gasteiger partial charge in [0.25, 0.3) is 5.56 Å². The number of nitrogens with one attached hydrogen (secondary N) is 3. The second kappa shape index (κ2) is 4.06. The molecule has 0 atom stereocenters. The molecule has 92 valence electrons. The Morgan fingerprint density at radius 1 is 1.11 bits per heavy atom. The topological polar surface area (TPSA) is 87.0 Å². The van der Waals surface area contributed by atoms with E-state index < -0.39 is 0 Å². The van der Waals surface area contributed by atoms with Crippen molar-refractivity contribution in [2.24, 2.45) is 0 Å². The van der Waals surface area contributed by atoms with E-state index >= 15 is 0 Å². The zero-order valence-corrected chi connectivity index (χ0v) is 9.45. The number of ether oxygens (including phenoxy) is 1. The van der Waals surface area contributed by atoms with E-state index in [1.165, 1.54) is 6.07 Å². The summed E-state index contributed by atoms with van der Waals surface area (Å²) >= 11 is 0. The molecule has 0 bridgehead atoms. The van der Waals surface area contributed by atoms with Crippen LogP contribution in [0.2, 0.25) is 0 Å². The highest BCUT2D eigenvalue weighted by Gasteiger charge is 2.14. The Bertz CT molecular complexity index is 657. The molecule has 0 saturated heterocycles. The van der Waals surface area contributed by atoms with Crippen molar-refractivity contribution in [1.82, 2.24) is 10.2 Å². The first-order chi connectivity index (χ1) is 8.72. The lowest BCUT2D eigenvalue weighted by Gasteiger charge is -2.08. The second-order valence-corrected chi connectivity index (χ2v) is 4.03. The lowest BCUT2D eigenvalue weighted by molar-refractivity contribution is -0.116. The minimum Gasteiger partial charge on any atom is -0.491 e. The minimum absolute atomic E-state index is 0.0755. The zero-order chi connectivity index (χ0) is 12.5. The van der Waals surface area contributed by atoms with E-state index in [4.69, 9.17) is 4.74 Å². The molecule has 2 heterocycles. The smallest absolute Gasteiger partial charge is 0.264 e. The molecule has 0 fully saturated rings. The number of aromatic nitrogens is 2. The highest BCUT2D eigenvalue weighted by molar-refractivity contribution is 5.93.